The van der Waals surface area contributed by atoms with Crippen molar-refractivity contribution in [2.24, 2.45) is 0 Å². The van der Waals surface area contributed by atoms with Crippen LogP contribution in [0.5, 0.6) is 5.75 Å². The zero-order valence-electron chi connectivity index (χ0n) is 24.4. The molecule has 5 rings (SSSR count). The molecule has 4 nitrogen and oxygen atoms in total. The number of ether oxygens (including phenoxy) is 1. The van der Waals surface area contributed by atoms with Crippen LogP contribution in [0.25, 0.3) is 0 Å². The maximum absolute atomic E-state index is 15.5. The highest BCUT2D eigenvalue weighted by Gasteiger charge is 2.34. The molecule has 1 aliphatic rings. The minimum absolute atomic E-state index is 0.0842. The minimum Gasteiger partial charge on any atom is -0.489 e. The Morgan fingerprint density at radius 2 is 1.56 bits per heavy atom. The number of benzene rings is 4. The van der Waals surface area contributed by atoms with Crippen LogP contribution in [0.1, 0.15) is 66.3 Å². The molecule has 0 saturated heterocycles. The third kappa shape index (κ3) is 6.45. The van der Waals surface area contributed by atoms with Gasteiger partial charge in [0, 0.05) is 36.6 Å². The molecule has 4 aromatic rings. The molecule has 0 bridgehead atoms. The monoisotopic (exact) mass is 550 g/mol. The Morgan fingerprint density at radius 3 is 2.22 bits per heavy atom. The van der Waals surface area contributed by atoms with Crippen molar-refractivity contribution in [1.82, 2.24) is 0 Å². The van der Waals surface area contributed by atoms with Crippen LogP contribution in [-0.2, 0) is 24.4 Å². The molecule has 0 radical (unpaired) electrons. The first-order chi connectivity index (χ1) is 19.8. The highest BCUT2D eigenvalue weighted by molar-refractivity contribution is 5.98. The molecule has 41 heavy (non-hydrogen) atoms. The van der Waals surface area contributed by atoms with E-state index in [0.717, 1.165) is 34.5 Å². The van der Waals surface area contributed by atoms with Gasteiger partial charge in [0.2, 0.25) is 5.91 Å². The van der Waals surface area contributed by atoms with E-state index in [-0.39, 0.29) is 11.7 Å². The van der Waals surface area contributed by atoms with Gasteiger partial charge in [0.05, 0.1) is 12.5 Å². The van der Waals surface area contributed by atoms with Gasteiger partial charge in [0.1, 0.15) is 18.2 Å². The van der Waals surface area contributed by atoms with Crippen molar-refractivity contribution >= 4 is 17.3 Å². The van der Waals surface area contributed by atoms with E-state index < -0.39 is 5.92 Å². The predicted octanol–water partition coefficient (Wildman–Crippen LogP) is 8.25. The fourth-order valence-electron chi connectivity index (χ4n) is 5.60. The van der Waals surface area contributed by atoms with Crippen molar-refractivity contribution < 1.29 is 13.9 Å². The van der Waals surface area contributed by atoms with Gasteiger partial charge in [-0.05, 0) is 78.3 Å². The maximum Gasteiger partial charge on any atom is 0.234 e. The van der Waals surface area contributed by atoms with E-state index in [1.54, 1.807) is 6.07 Å². The van der Waals surface area contributed by atoms with Crippen LogP contribution >= 0.6 is 0 Å². The van der Waals surface area contributed by atoms with Crippen LogP contribution in [-0.4, -0.2) is 20.0 Å². The molecule has 0 N–H and O–H groups in total. The van der Waals surface area contributed by atoms with Crippen molar-refractivity contribution in [2.45, 2.75) is 58.1 Å². The molecular formula is C36H39FN2O2. The van der Waals surface area contributed by atoms with Gasteiger partial charge in [0.15, 0.2) is 0 Å². The van der Waals surface area contributed by atoms with Crippen LogP contribution in [0.15, 0.2) is 91.0 Å². The first kappa shape index (κ1) is 28.4. The fourth-order valence-corrected chi connectivity index (χ4v) is 5.60. The summed E-state index contributed by atoms with van der Waals surface area (Å²) in [6.07, 6.45) is 2.09. The summed E-state index contributed by atoms with van der Waals surface area (Å²) in [7, 11) is 4.02. The van der Waals surface area contributed by atoms with Gasteiger partial charge in [-0.1, -0.05) is 68.4 Å². The molecule has 0 saturated carbocycles. The lowest BCUT2D eigenvalue weighted by molar-refractivity contribution is -0.120. The lowest BCUT2D eigenvalue weighted by Crippen LogP contribution is -2.36. The largest absolute Gasteiger partial charge is 0.489 e. The number of anilines is 2. The number of nitrogens with zero attached hydrogens (tertiary/aromatic N) is 2. The number of hydrogen-bond donors (Lipinski definition) is 0. The molecule has 0 aromatic heterocycles. The summed E-state index contributed by atoms with van der Waals surface area (Å²) in [5.74, 6) is 0.0507. The van der Waals surface area contributed by atoms with E-state index in [1.165, 1.54) is 11.6 Å². The standard InChI is InChI=1S/C36H39FN2O2/c1-25(2)28-15-19-30(20-16-28)39(23-26-13-17-29(18-14-26)38(3)4)36(40)32-12-8-11-31-34(22-21-33(37)35(31)32)41-24-27-9-6-5-7-10-27/h5-7,9-10,13-22,25,32H,8,11-12,23-24H2,1-4H3. The Kier molecular flexibility index (Phi) is 8.72. The third-order valence-electron chi connectivity index (χ3n) is 8.00. The van der Waals surface area contributed by atoms with E-state index >= 15 is 4.39 Å². The number of fused-ring (bicyclic) bond motifs is 1. The smallest absolute Gasteiger partial charge is 0.234 e. The number of rotatable bonds is 9. The Bertz CT molecular complexity index is 1460. The van der Waals surface area contributed by atoms with E-state index in [1.807, 2.05) is 61.5 Å². The summed E-state index contributed by atoms with van der Waals surface area (Å²) in [5, 5.41) is 0. The Balaban J connectivity index is 1.48. The van der Waals surface area contributed by atoms with Gasteiger partial charge >= 0.3 is 0 Å². The second-order valence-corrected chi connectivity index (χ2v) is 11.4. The van der Waals surface area contributed by atoms with Crippen LogP contribution in [0.4, 0.5) is 15.8 Å². The maximum atomic E-state index is 15.5. The number of hydrogen-bond acceptors (Lipinski definition) is 3. The Labute approximate surface area is 243 Å². The van der Waals surface area contributed by atoms with Crippen molar-refractivity contribution in [3.63, 3.8) is 0 Å². The van der Waals surface area contributed by atoms with Crippen molar-refractivity contribution in [1.29, 1.82) is 0 Å². The van der Waals surface area contributed by atoms with Gasteiger partial charge in [-0.3, -0.25) is 4.79 Å². The van der Waals surface area contributed by atoms with Crippen LogP contribution in [0, 0.1) is 5.82 Å². The summed E-state index contributed by atoms with van der Waals surface area (Å²) in [6, 6.07) is 29.5. The minimum atomic E-state index is -0.579. The van der Waals surface area contributed by atoms with E-state index in [0.29, 0.717) is 43.2 Å². The molecule has 0 heterocycles. The zero-order chi connectivity index (χ0) is 28.9. The molecule has 5 heteroatoms. The number of halogens is 1. The van der Waals surface area contributed by atoms with Crippen LogP contribution in [0.2, 0.25) is 0 Å². The van der Waals surface area contributed by atoms with Gasteiger partial charge in [-0.25, -0.2) is 4.39 Å². The quantitative estimate of drug-likeness (QED) is 0.210. The second kappa shape index (κ2) is 12.6. The summed E-state index contributed by atoms with van der Waals surface area (Å²) < 4.78 is 21.7. The SMILES string of the molecule is CC(C)c1ccc(N(Cc2ccc(N(C)C)cc2)C(=O)C2CCCc3c(OCc4ccccc4)ccc(F)c32)cc1. The average Bonchev–Trinajstić information content (AvgIpc) is 3.00. The topological polar surface area (TPSA) is 32.8 Å². The van der Waals surface area contributed by atoms with Crippen LogP contribution < -0.4 is 14.5 Å². The highest BCUT2D eigenvalue weighted by Crippen LogP contribution is 2.41. The molecule has 1 aliphatic carbocycles. The summed E-state index contributed by atoms with van der Waals surface area (Å²) in [6.45, 7) is 5.12. The fraction of sp³-hybridized carbons (Fsp3) is 0.306. The predicted molar refractivity (Wildman–Crippen MR) is 165 cm³/mol. The number of carbonyl (C=O) groups excluding carboxylic acids is 1. The van der Waals surface area contributed by atoms with E-state index in [9.17, 15) is 4.79 Å². The molecule has 1 amide bonds. The first-order valence-corrected chi connectivity index (χ1v) is 14.5. The molecule has 1 unspecified atom stereocenters. The van der Waals surface area contributed by atoms with Crippen molar-refractivity contribution in [2.75, 3.05) is 23.9 Å². The number of carbonyl (C=O) groups is 1. The van der Waals surface area contributed by atoms with Crippen LogP contribution in [0.3, 0.4) is 0 Å². The molecule has 0 spiro atoms. The third-order valence-corrected chi connectivity index (χ3v) is 8.00. The van der Waals surface area contributed by atoms with Gasteiger partial charge in [-0.15, -0.1) is 0 Å². The summed E-state index contributed by atoms with van der Waals surface area (Å²) >= 11 is 0. The second-order valence-electron chi connectivity index (χ2n) is 11.4. The average molecular weight is 551 g/mol. The van der Waals surface area contributed by atoms with Crippen molar-refractivity contribution in [3.05, 3.63) is 125 Å². The van der Waals surface area contributed by atoms with Gasteiger partial charge < -0.3 is 14.5 Å². The Hall–Kier alpha value is -4.12. The van der Waals surface area contributed by atoms with Gasteiger partial charge in [-0.2, -0.15) is 0 Å². The molecular weight excluding hydrogens is 511 g/mol. The highest BCUT2D eigenvalue weighted by atomic mass is 19.1. The normalized spacial score (nSPS) is 14.4. The molecule has 0 aliphatic heterocycles. The number of amides is 1. The lowest BCUT2D eigenvalue weighted by atomic mass is 9.81. The van der Waals surface area contributed by atoms with E-state index in [2.05, 4.69) is 55.1 Å². The first-order valence-electron chi connectivity index (χ1n) is 14.5. The molecule has 0 fully saturated rings. The van der Waals surface area contributed by atoms with Gasteiger partial charge in [0.25, 0.3) is 0 Å². The Morgan fingerprint density at radius 1 is 0.878 bits per heavy atom. The summed E-state index contributed by atoms with van der Waals surface area (Å²) in [4.78, 5) is 18.3. The van der Waals surface area contributed by atoms with Crippen molar-refractivity contribution in [3.8, 4) is 5.75 Å². The lowest BCUT2D eigenvalue weighted by Gasteiger charge is -2.32. The summed E-state index contributed by atoms with van der Waals surface area (Å²) in [5.41, 5.74) is 6.50. The molecule has 1 atom stereocenters. The van der Waals surface area contributed by atoms with E-state index in [4.69, 9.17) is 4.74 Å². The molecule has 212 valence electrons. The molecule has 4 aromatic carbocycles. The zero-order valence-corrected chi connectivity index (χ0v) is 24.4.